The van der Waals surface area contributed by atoms with Crippen LogP contribution in [0.5, 0.6) is 11.5 Å². The van der Waals surface area contributed by atoms with Gasteiger partial charge in [0.2, 0.25) is 0 Å². The molecule has 0 aliphatic heterocycles. The van der Waals surface area contributed by atoms with E-state index in [2.05, 4.69) is 30.3 Å². The Morgan fingerprint density at radius 3 is 2.13 bits per heavy atom. The predicted molar refractivity (Wildman–Crippen MR) is 119 cm³/mol. The maximum Gasteiger partial charge on any atom is 0.303 e. The molecule has 0 aliphatic carbocycles. The molecule has 0 saturated carbocycles. The van der Waals surface area contributed by atoms with E-state index in [1.807, 2.05) is 42.5 Å². The average molecular weight is 402 g/mol. The Hall–Kier alpha value is -3.53. The van der Waals surface area contributed by atoms with Crippen molar-refractivity contribution in [2.45, 2.75) is 25.7 Å². The van der Waals surface area contributed by atoms with Crippen LogP contribution < -0.4 is 4.74 Å². The van der Waals surface area contributed by atoms with Crippen molar-refractivity contribution in [2.24, 2.45) is 0 Å². The van der Waals surface area contributed by atoms with E-state index in [9.17, 15) is 9.90 Å². The van der Waals surface area contributed by atoms with Crippen LogP contribution in [0.25, 0.3) is 5.57 Å². The normalized spacial score (nSPS) is 11.3. The van der Waals surface area contributed by atoms with Crippen molar-refractivity contribution in [3.05, 3.63) is 102 Å². The summed E-state index contributed by atoms with van der Waals surface area (Å²) in [5.41, 5.74) is 4.50. The van der Waals surface area contributed by atoms with E-state index in [4.69, 9.17) is 9.84 Å². The summed E-state index contributed by atoms with van der Waals surface area (Å²) in [7, 11) is 0. The zero-order valence-corrected chi connectivity index (χ0v) is 16.8. The van der Waals surface area contributed by atoms with E-state index in [1.54, 1.807) is 12.1 Å². The van der Waals surface area contributed by atoms with Gasteiger partial charge in [-0.25, -0.2) is 0 Å². The standard InChI is InChI=1S/C26H26O4/c27-23-15-11-21(12-16-23)25(9-4-8-20-6-2-1-3-7-20)22-13-17-24(18-14-22)30-19-5-10-26(28)29/h1-3,6-7,9,11-18,27H,4-5,8,10,19H2,(H,28,29)/b25-9+. The second-order valence-corrected chi connectivity index (χ2v) is 7.06. The molecule has 3 aromatic carbocycles. The number of allylic oxidation sites excluding steroid dienone is 1. The molecule has 0 saturated heterocycles. The predicted octanol–water partition coefficient (Wildman–Crippen LogP) is 5.70. The Morgan fingerprint density at radius 2 is 1.50 bits per heavy atom. The quantitative estimate of drug-likeness (QED) is 0.427. The summed E-state index contributed by atoms with van der Waals surface area (Å²) < 4.78 is 5.64. The van der Waals surface area contributed by atoms with Crippen molar-refractivity contribution in [2.75, 3.05) is 6.61 Å². The number of rotatable bonds is 10. The third-order valence-corrected chi connectivity index (χ3v) is 4.77. The van der Waals surface area contributed by atoms with E-state index in [0.29, 0.717) is 13.0 Å². The van der Waals surface area contributed by atoms with E-state index in [1.165, 1.54) is 5.56 Å². The third-order valence-electron chi connectivity index (χ3n) is 4.77. The zero-order chi connectivity index (χ0) is 21.2. The van der Waals surface area contributed by atoms with Gasteiger partial charge < -0.3 is 14.9 Å². The number of carboxylic acids is 1. The van der Waals surface area contributed by atoms with Crippen molar-refractivity contribution in [1.82, 2.24) is 0 Å². The summed E-state index contributed by atoms with van der Waals surface area (Å²) in [6, 6.07) is 25.4. The van der Waals surface area contributed by atoms with Gasteiger partial charge in [-0.3, -0.25) is 4.79 Å². The molecule has 154 valence electrons. The molecule has 0 unspecified atom stereocenters. The van der Waals surface area contributed by atoms with Crippen LogP contribution in [0.4, 0.5) is 0 Å². The number of ether oxygens (including phenoxy) is 1. The van der Waals surface area contributed by atoms with Crippen LogP contribution in [0, 0.1) is 0 Å². The molecule has 0 fully saturated rings. The number of hydrogen-bond donors (Lipinski definition) is 2. The topological polar surface area (TPSA) is 66.8 Å². The van der Waals surface area contributed by atoms with Crippen molar-refractivity contribution in [3.8, 4) is 11.5 Å². The molecule has 0 aromatic heterocycles. The van der Waals surface area contributed by atoms with Crippen LogP contribution in [0.1, 0.15) is 36.0 Å². The zero-order valence-electron chi connectivity index (χ0n) is 16.8. The molecule has 4 nitrogen and oxygen atoms in total. The van der Waals surface area contributed by atoms with Crippen molar-refractivity contribution >= 4 is 11.5 Å². The smallest absolute Gasteiger partial charge is 0.303 e. The fraction of sp³-hybridized carbons (Fsp3) is 0.192. The summed E-state index contributed by atoms with van der Waals surface area (Å²) in [5, 5.41) is 18.3. The van der Waals surface area contributed by atoms with Gasteiger partial charge in [0.1, 0.15) is 11.5 Å². The first-order valence-electron chi connectivity index (χ1n) is 10.1. The molecule has 4 heteroatoms. The number of benzene rings is 3. The van der Waals surface area contributed by atoms with Crippen molar-refractivity contribution in [1.29, 1.82) is 0 Å². The molecule has 0 spiro atoms. The highest BCUT2D eigenvalue weighted by Crippen LogP contribution is 2.27. The molecule has 0 bridgehead atoms. The largest absolute Gasteiger partial charge is 0.508 e. The van der Waals surface area contributed by atoms with Gasteiger partial charge in [-0.15, -0.1) is 0 Å². The average Bonchev–Trinajstić information content (AvgIpc) is 2.76. The highest BCUT2D eigenvalue weighted by molar-refractivity contribution is 5.80. The second kappa shape index (κ2) is 10.9. The lowest BCUT2D eigenvalue weighted by Gasteiger charge is -2.11. The lowest BCUT2D eigenvalue weighted by Crippen LogP contribution is -2.02. The van der Waals surface area contributed by atoms with Gasteiger partial charge in [-0.2, -0.15) is 0 Å². The number of carbonyl (C=O) groups is 1. The fourth-order valence-electron chi connectivity index (χ4n) is 3.22. The van der Waals surface area contributed by atoms with Gasteiger partial charge in [-0.05, 0) is 65.8 Å². The van der Waals surface area contributed by atoms with Crippen molar-refractivity contribution < 1.29 is 19.7 Å². The van der Waals surface area contributed by atoms with Crippen LogP contribution in [0.3, 0.4) is 0 Å². The fourth-order valence-corrected chi connectivity index (χ4v) is 3.22. The Balaban J connectivity index is 1.73. The minimum absolute atomic E-state index is 0.104. The molecule has 0 aliphatic rings. The first kappa shape index (κ1) is 21.2. The third kappa shape index (κ3) is 6.52. The van der Waals surface area contributed by atoms with Crippen LogP contribution in [-0.2, 0) is 11.2 Å². The molecule has 0 amide bonds. The van der Waals surface area contributed by atoms with Crippen LogP contribution >= 0.6 is 0 Å². The minimum Gasteiger partial charge on any atom is -0.508 e. The minimum atomic E-state index is -0.812. The Labute approximate surface area is 177 Å². The van der Waals surface area contributed by atoms with E-state index in [0.717, 1.165) is 35.3 Å². The molecule has 30 heavy (non-hydrogen) atoms. The number of phenolic OH excluding ortho intramolecular Hbond substituents is 1. The second-order valence-electron chi connectivity index (χ2n) is 7.06. The van der Waals surface area contributed by atoms with Gasteiger partial charge in [-0.1, -0.05) is 60.7 Å². The van der Waals surface area contributed by atoms with E-state index < -0.39 is 5.97 Å². The van der Waals surface area contributed by atoms with Crippen LogP contribution in [-0.4, -0.2) is 22.8 Å². The lowest BCUT2D eigenvalue weighted by atomic mass is 9.95. The Morgan fingerprint density at radius 1 is 0.867 bits per heavy atom. The monoisotopic (exact) mass is 402 g/mol. The molecular weight excluding hydrogens is 376 g/mol. The highest BCUT2D eigenvalue weighted by atomic mass is 16.5. The van der Waals surface area contributed by atoms with Crippen LogP contribution in [0.2, 0.25) is 0 Å². The first-order chi connectivity index (χ1) is 14.6. The molecule has 0 radical (unpaired) electrons. The number of phenols is 1. The summed E-state index contributed by atoms with van der Waals surface area (Å²) >= 11 is 0. The van der Waals surface area contributed by atoms with Gasteiger partial charge in [0.25, 0.3) is 0 Å². The molecule has 3 aromatic rings. The molecule has 0 atom stereocenters. The van der Waals surface area contributed by atoms with Crippen molar-refractivity contribution in [3.63, 3.8) is 0 Å². The molecular formula is C26H26O4. The number of aromatic hydroxyl groups is 1. The maximum absolute atomic E-state index is 10.6. The number of hydrogen-bond acceptors (Lipinski definition) is 3. The number of aliphatic carboxylic acids is 1. The highest BCUT2D eigenvalue weighted by Gasteiger charge is 2.07. The van der Waals surface area contributed by atoms with E-state index in [-0.39, 0.29) is 12.2 Å². The van der Waals surface area contributed by atoms with Gasteiger partial charge in [0.05, 0.1) is 6.61 Å². The van der Waals surface area contributed by atoms with Gasteiger partial charge >= 0.3 is 5.97 Å². The Kier molecular flexibility index (Phi) is 7.67. The first-order valence-corrected chi connectivity index (χ1v) is 10.1. The molecule has 2 N–H and O–H groups in total. The Bertz CT molecular complexity index is 958. The maximum atomic E-state index is 10.6. The number of carboxylic acid groups (broad SMARTS) is 1. The summed E-state index contributed by atoms with van der Waals surface area (Å²) in [6.07, 6.45) is 4.66. The molecule has 0 heterocycles. The number of aryl methyl sites for hydroxylation is 1. The van der Waals surface area contributed by atoms with Gasteiger partial charge in [0, 0.05) is 6.42 Å². The summed E-state index contributed by atoms with van der Waals surface area (Å²) in [6.45, 7) is 0.378. The van der Waals surface area contributed by atoms with Gasteiger partial charge in [0.15, 0.2) is 0 Å². The van der Waals surface area contributed by atoms with E-state index >= 15 is 0 Å². The summed E-state index contributed by atoms with van der Waals surface area (Å²) in [5.74, 6) is 0.152. The summed E-state index contributed by atoms with van der Waals surface area (Å²) in [4.78, 5) is 10.6. The van der Waals surface area contributed by atoms with Crippen LogP contribution in [0.15, 0.2) is 84.9 Å². The molecule has 3 rings (SSSR count). The SMILES string of the molecule is O=C(O)CCCOc1ccc(/C(=C/CCc2ccccc2)c2ccc(O)cc2)cc1. The lowest BCUT2D eigenvalue weighted by molar-refractivity contribution is -0.137.